The van der Waals surface area contributed by atoms with Gasteiger partial charge in [-0.2, -0.15) is 0 Å². The molecule has 0 bridgehead atoms. The van der Waals surface area contributed by atoms with E-state index in [4.69, 9.17) is 9.88 Å². The van der Waals surface area contributed by atoms with Crippen LogP contribution < -0.4 is 10.5 Å². The molecule has 1 amide bonds. The second-order valence-electron chi connectivity index (χ2n) is 4.41. The Morgan fingerprint density at radius 1 is 1.13 bits per heavy atom. The van der Waals surface area contributed by atoms with E-state index < -0.39 is 28.5 Å². The third kappa shape index (κ3) is 4.87. The Labute approximate surface area is 132 Å². The number of benzene rings is 1. The van der Waals surface area contributed by atoms with E-state index in [1.54, 1.807) is 12.1 Å². The Balaban J connectivity index is 1.89. The quantitative estimate of drug-likeness (QED) is 0.767. The maximum Gasteiger partial charge on any atom is 0.357 e. The molecule has 2 aromatic rings. The summed E-state index contributed by atoms with van der Waals surface area (Å²) in [5.41, 5.74) is 0.439. The molecule has 9 heteroatoms. The number of hydrogen-bond donors (Lipinski definition) is 2. The number of aromatic nitrogens is 1. The number of hydrogen-bond acceptors (Lipinski definition) is 6. The van der Waals surface area contributed by atoms with Gasteiger partial charge in [-0.3, -0.25) is 4.79 Å². The van der Waals surface area contributed by atoms with Crippen LogP contribution in [0.2, 0.25) is 0 Å². The van der Waals surface area contributed by atoms with Gasteiger partial charge in [0.2, 0.25) is 10.0 Å². The highest BCUT2D eigenvalue weighted by molar-refractivity contribution is 7.89. The van der Waals surface area contributed by atoms with Gasteiger partial charge in [0.25, 0.3) is 5.91 Å². The first kappa shape index (κ1) is 16.6. The van der Waals surface area contributed by atoms with Crippen LogP contribution in [0.5, 0.6) is 0 Å². The lowest BCUT2D eigenvalue weighted by molar-refractivity contribution is -0.119. The molecule has 0 aliphatic rings. The molecule has 0 aliphatic heterocycles. The Morgan fingerprint density at radius 2 is 1.83 bits per heavy atom. The lowest BCUT2D eigenvalue weighted by atomic mass is 10.3. The lowest BCUT2D eigenvalue weighted by Crippen LogP contribution is -2.21. The molecule has 0 saturated heterocycles. The summed E-state index contributed by atoms with van der Waals surface area (Å²) in [5, 5.41) is 7.42. The Bertz CT molecular complexity index is 804. The molecule has 0 radical (unpaired) electrons. The molecule has 0 unspecified atom stereocenters. The number of nitrogens with zero attached hydrogens (tertiary/aromatic N) is 1. The first-order valence-electron chi connectivity index (χ1n) is 6.37. The first-order valence-corrected chi connectivity index (χ1v) is 7.92. The fourth-order valence-corrected chi connectivity index (χ4v) is 2.13. The molecule has 8 nitrogen and oxygen atoms in total. The van der Waals surface area contributed by atoms with Crippen molar-refractivity contribution in [2.75, 3.05) is 11.9 Å². The summed E-state index contributed by atoms with van der Waals surface area (Å²) in [6.07, 6.45) is 1.43. The molecule has 0 aliphatic carbocycles. The number of sulfonamides is 1. The normalized spacial score (nSPS) is 10.8. The number of nitrogens with one attached hydrogen (secondary N) is 1. The van der Waals surface area contributed by atoms with E-state index in [2.05, 4.69) is 10.3 Å². The second kappa shape index (κ2) is 6.99. The van der Waals surface area contributed by atoms with E-state index in [0.29, 0.717) is 5.69 Å². The summed E-state index contributed by atoms with van der Waals surface area (Å²) in [5.74, 6) is -1.29. The van der Waals surface area contributed by atoms with Crippen molar-refractivity contribution in [1.82, 2.24) is 4.98 Å². The Hall–Kier alpha value is -2.78. The van der Waals surface area contributed by atoms with Crippen LogP contribution in [0.4, 0.5) is 5.69 Å². The number of carbonyl (C=O) groups excluding carboxylic acids is 2. The zero-order valence-electron chi connectivity index (χ0n) is 11.8. The number of pyridine rings is 1. The molecule has 120 valence electrons. The van der Waals surface area contributed by atoms with Gasteiger partial charge < -0.3 is 10.1 Å². The van der Waals surface area contributed by atoms with Gasteiger partial charge in [-0.15, -0.1) is 0 Å². The molecule has 23 heavy (non-hydrogen) atoms. The van der Waals surface area contributed by atoms with Crippen LogP contribution in [0.25, 0.3) is 0 Å². The van der Waals surface area contributed by atoms with Crippen LogP contribution in [-0.4, -0.2) is 31.9 Å². The number of ether oxygens (including phenoxy) is 1. The summed E-state index contributed by atoms with van der Waals surface area (Å²) in [6, 6.07) is 9.99. The second-order valence-corrected chi connectivity index (χ2v) is 5.97. The van der Waals surface area contributed by atoms with Gasteiger partial charge in [0.05, 0.1) is 4.90 Å². The van der Waals surface area contributed by atoms with Crippen LogP contribution in [0.15, 0.2) is 53.6 Å². The zero-order chi connectivity index (χ0) is 16.9. The number of nitrogens with two attached hydrogens (primary N) is 1. The molecule has 1 aromatic heterocycles. The number of esters is 1. The molecule has 0 fully saturated rings. The highest BCUT2D eigenvalue weighted by Gasteiger charge is 2.12. The molecule has 1 aromatic carbocycles. The molecular weight excluding hydrogens is 322 g/mol. The van der Waals surface area contributed by atoms with Gasteiger partial charge in [0, 0.05) is 11.9 Å². The van der Waals surface area contributed by atoms with E-state index in [1.165, 1.54) is 36.5 Å². The number of primary sulfonamides is 1. The molecule has 0 saturated carbocycles. The summed E-state index contributed by atoms with van der Waals surface area (Å²) >= 11 is 0. The Kier molecular flexibility index (Phi) is 5.04. The first-order chi connectivity index (χ1) is 10.9. The highest BCUT2D eigenvalue weighted by Crippen LogP contribution is 2.12. The Morgan fingerprint density at radius 3 is 2.39 bits per heavy atom. The minimum absolute atomic E-state index is 0.0721. The summed E-state index contributed by atoms with van der Waals surface area (Å²) in [4.78, 5) is 27.0. The number of rotatable bonds is 5. The van der Waals surface area contributed by atoms with Crippen molar-refractivity contribution in [3.63, 3.8) is 0 Å². The van der Waals surface area contributed by atoms with Crippen molar-refractivity contribution in [2.24, 2.45) is 5.14 Å². The van der Waals surface area contributed by atoms with Gasteiger partial charge in [-0.1, -0.05) is 6.07 Å². The van der Waals surface area contributed by atoms with Crippen molar-refractivity contribution in [1.29, 1.82) is 0 Å². The number of amides is 1. The van der Waals surface area contributed by atoms with Gasteiger partial charge in [0.1, 0.15) is 5.69 Å². The topological polar surface area (TPSA) is 128 Å². The molecule has 2 rings (SSSR count). The van der Waals surface area contributed by atoms with E-state index in [0.717, 1.165) is 0 Å². The van der Waals surface area contributed by atoms with Gasteiger partial charge in [0.15, 0.2) is 6.61 Å². The van der Waals surface area contributed by atoms with Crippen molar-refractivity contribution >= 4 is 27.6 Å². The van der Waals surface area contributed by atoms with Crippen molar-refractivity contribution < 1.29 is 22.7 Å². The van der Waals surface area contributed by atoms with E-state index in [1.807, 2.05) is 0 Å². The van der Waals surface area contributed by atoms with Crippen molar-refractivity contribution in [2.45, 2.75) is 4.90 Å². The van der Waals surface area contributed by atoms with Crippen molar-refractivity contribution in [3.05, 3.63) is 54.4 Å². The predicted molar refractivity (Wildman–Crippen MR) is 81.0 cm³/mol. The smallest absolute Gasteiger partial charge is 0.357 e. The average Bonchev–Trinajstić information content (AvgIpc) is 2.53. The minimum Gasteiger partial charge on any atom is -0.451 e. The average molecular weight is 335 g/mol. The maximum atomic E-state index is 11.7. The van der Waals surface area contributed by atoms with Crippen LogP contribution in [0.3, 0.4) is 0 Å². The molecule has 1 heterocycles. The summed E-state index contributed by atoms with van der Waals surface area (Å²) in [7, 11) is -3.79. The van der Waals surface area contributed by atoms with Crippen LogP contribution in [0.1, 0.15) is 10.5 Å². The fraction of sp³-hybridized carbons (Fsp3) is 0.0714. The molecule has 0 spiro atoms. The third-order valence-electron chi connectivity index (χ3n) is 2.67. The van der Waals surface area contributed by atoms with Gasteiger partial charge in [-0.05, 0) is 36.4 Å². The van der Waals surface area contributed by atoms with Gasteiger partial charge >= 0.3 is 5.97 Å². The number of carbonyl (C=O) groups is 2. The fourth-order valence-electron chi connectivity index (χ4n) is 1.61. The molecular formula is C14H13N3O5S. The minimum atomic E-state index is -3.79. The number of anilines is 1. The van der Waals surface area contributed by atoms with Crippen LogP contribution >= 0.6 is 0 Å². The van der Waals surface area contributed by atoms with E-state index in [9.17, 15) is 18.0 Å². The van der Waals surface area contributed by atoms with Crippen molar-refractivity contribution in [3.8, 4) is 0 Å². The monoisotopic (exact) mass is 335 g/mol. The SMILES string of the molecule is NS(=O)(=O)c1ccc(NC(=O)COC(=O)c2ccccn2)cc1. The summed E-state index contributed by atoms with van der Waals surface area (Å²) < 4.78 is 27.0. The zero-order valence-corrected chi connectivity index (χ0v) is 12.6. The van der Waals surface area contributed by atoms with Gasteiger partial charge in [-0.25, -0.2) is 23.3 Å². The largest absolute Gasteiger partial charge is 0.451 e. The van der Waals surface area contributed by atoms with Crippen LogP contribution in [-0.2, 0) is 19.6 Å². The van der Waals surface area contributed by atoms with E-state index in [-0.39, 0.29) is 10.6 Å². The van der Waals surface area contributed by atoms with E-state index >= 15 is 0 Å². The maximum absolute atomic E-state index is 11.7. The third-order valence-corrected chi connectivity index (χ3v) is 3.60. The lowest BCUT2D eigenvalue weighted by Gasteiger charge is -2.07. The summed E-state index contributed by atoms with van der Waals surface area (Å²) in [6.45, 7) is -0.494. The molecule has 3 N–H and O–H groups in total. The molecule has 0 atom stereocenters. The predicted octanol–water partition coefficient (Wildman–Crippen LogP) is 0.524. The standard InChI is InChI=1S/C14H13N3O5S/c15-23(20,21)11-6-4-10(5-7-11)17-13(18)9-22-14(19)12-3-1-2-8-16-12/h1-8H,9H2,(H,17,18)(H2,15,20,21). The highest BCUT2D eigenvalue weighted by atomic mass is 32.2. The van der Waals surface area contributed by atoms with Crippen LogP contribution in [0, 0.1) is 0 Å².